The summed E-state index contributed by atoms with van der Waals surface area (Å²) in [4.78, 5) is 8.01. The van der Waals surface area contributed by atoms with Crippen molar-refractivity contribution in [3.05, 3.63) is 48.2 Å². The molecule has 0 aliphatic rings. The predicted molar refractivity (Wildman–Crippen MR) is 60.1 cm³/mol. The van der Waals surface area contributed by atoms with Gasteiger partial charge in [0.1, 0.15) is 5.82 Å². The smallest absolute Gasteiger partial charge is 0.145 e. The Balaban J connectivity index is 2.46. The van der Waals surface area contributed by atoms with Crippen LogP contribution in [0.25, 0.3) is 11.3 Å². The Morgan fingerprint density at radius 3 is 2.87 bits per heavy atom. The lowest BCUT2D eigenvalue weighted by atomic mass is 10.1. The SMILES string of the molecule is Fc1cnc(-c2cccnc2)cc1CBr. The molecule has 0 aromatic carbocycles. The molecule has 0 aliphatic heterocycles. The summed E-state index contributed by atoms with van der Waals surface area (Å²) >= 11 is 3.23. The van der Waals surface area contributed by atoms with E-state index in [4.69, 9.17) is 0 Å². The Hall–Kier alpha value is -1.29. The van der Waals surface area contributed by atoms with Crippen molar-refractivity contribution in [3.8, 4) is 11.3 Å². The summed E-state index contributed by atoms with van der Waals surface area (Å²) < 4.78 is 13.2. The summed E-state index contributed by atoms with van der Waals surface area (Å²) in [5.41, 5.74) is 2.22. The predicted octanol–water partition coefficient (Wildman–Crippen LogP) is 3.18. The minimum absolute atomic E-state index is 0.292. The molecule has 0 fully saturated rings. The maximum absolute atomic E-state index is 13.2. The third-order valence-corrected chi connectivity index (χ3v) is 2.64. The highest BCUT2D eigenvalue weighted by Gasteiger charge is 2.05. The van der Waals surface area contributed by atoms with Gasteiger partial charge in [0.25, 0.3) is 0 Å². The fourth-order valence-electron chi connectivity index (χ4n) is 1.25. The number of rotatable bonds is 2. The van der Waals surface area contributed by atoms with Crippen LogP contribution in [0.1, 0.15) is 5.56 Å². The Morgan fingerprint density at radius 2 is 2.20 bits per heavy atom. The number of nitrogens with zero attached hydrogens (tertiary/aromatic N) is 2. The van der Waals surface area contributed by atoms with E-state index in [2.05, 4.69) is 25.9 Å². The number of alkyl halides is 1. The zero-order valence-corrected chi connectivity index (χ0v) is 9.41. The van der Waals surface area contributed by atoms with E-state index >= 15 is 0 Å². The number of hydrogen-bond donors (Lipinski definition) is 0. The maximum Gasteiger partial charge on any atom is 0.145 e. The Morgan fingerprint density at radius 1 is 1.33 bits per heavy atom. The van der Waals surface area contributed by atoms with Gasteiger partial charge in [0, 0.05) is 28.9 Å². The summed E-state index contributed by atoms with van der Waals surface area (Å²) in [7, 11) is 0. The number of hydrogen-bond acceptors (Lipinski definition) is 2. The van der Waals surface area contributed by atoms with Gasteiger partial charge in [-0.3, -0.25) is 9.97 Å². The molecule has 0 saturated carbocycles. The third kappa shape index (κ3) is 2.21. The maximum atomic E-state index is 13.2. The molecular formula is C11H8BrFN2. The van der Waals surface area contributed by atoms with Crippen LogP contribution < -0.4 is 0 Å². The Labute approximate surface area is 95.3 Å². The molecule has 15 heavy (non-hydrogen) atoms. The second-order valence-electron chi connectivity index (χ2n) is 3.04. The fraction of sp³-hybridized carbons (Fsp3) is 0.0909. The van der Waals surface area contributed by atoms with Crippen molar-refractivity contribution in [1.82, 2.24) is 9.97 Å². The van der Waals surface area contributed by atoms with Gasteiger partial charge in [-0.25, -0.2) is 4.39 Å². The molecule has 0 radical (unpaired) electrons. The van der Waals surface area contributed by atoms with Gasteiger partial charge in [-0.1, -0.05) is 15.9 Å². The van der Waals surface area contributed by atoms with Gasteiger partial charge in [0.15, 0.2) is 0 Å². The van der Waals surface area contributed by atoms with Crippen LogP contribution in [0.4, 0.5) is 4.39 Å². The summed E-state index contributed by atoms with van der Waals surface area (Å²) in [6.45, 7) is 0. The van der Waals surface area contributed by atoms with Crippen LogP contribution in [0.3, 0.4) is 0 Å². The fourth-order valence-corrected chi connectivity index (χ4v) is 1.68. The van der Waals surface area contributed by atoms with Crippen molar-refractivity contribution in [2.24, 2.45) is 0 Å². The minimum Gasteiger partial charge on any atom is -0.264 e. The second-order valence-corrected chi connectivity index (χ2v) is 3.60. The minimum atomic E-state index is -0.292. The lowest BCUT2D eigenvalue weighted by Gasteiger charge is -2.03. The molecule has 0 atom stereocenters. The number of aromatic nitrogens is 2. The molecule has 4 heteroatoms. The number of pyridine rings is 2. The molecule has 0 aliphatic carbocycles. The summed E-state index contributed by atoms with van der Waals surface area (Å²) in [6, 6.07) is 5.44. The van der Waals surface area contributed by atoms with E-state index in [0.717, 1.165) is 11.3 Å². The second kappa shape index (κ2) is 4.49. The van der Waals surface area contributed by atoms with E-state index in [0.29, 0.717) is 10.9 Å². The molecule has 2 aromatic heterocycles. The van der Waals surface area contributed by atoms with Crippen LogP contribution >= 0.6 is 15.9 Å². The first-order chi connectivity index (χ1) is 7.31. The zero-order chi connectivity index (χ0) is 10.7. The van der Waals surface area contributed by atoms with Crippen LogP contribution in [0, 0.1) is 5.82 Å². The standard InChI is InChI=1S/C11H8BrFN2/c12-5-9-4-11(15-7-10(9)13)8-2-1-3-14-6-8/h1-4,6-7H,5H2. The molecule has 2 rings (SSSR count). The van der Waals surface area contributed by atoms with E-state index in [1.807, 2.05) is 12.1 Å². The molecule has 0 bridgehead atoms. The zero-order valence-electron chi connectivity index (χ0n) is 7.82. The van der Waals surface area contributed by atoms with E-state index < -0.39 is 0 Å². The van der Waals surface area contributed by atoms with Crippen LogP contribution in [-0.2, 0) is 5.33 Å². The average molecular weight is 267 g/mol. The summed E-state index contributed by atoms with van der Waals surface area (Å²) in [6.07, 6.45) is 4.63. The lowest BCUT2D eigenvalue weighted by molar-refractivity contribution is 0.611. The van der Waals surface area contributed by atoms with Crippen LogP contribution in [0.5, 0.6) is 0 Å². The van der Waals surface area contributed by atoms with Gasteiger partial charge >= 0.3 is 0 Å². The van der Waals surface area contributed by atoms with Crippen molar-refractivity contribution >= 4 is 15.9 Å². The topological polar surface area (TPSA) is 25.8 Å². The van der Waals surface area contributed by atoms with Crippen molar-refractivity contribution in [1.29, 1.82) is 0 Å². The molecule has 0 N–H and O–H groups in total. The van der Waals surface area contributed by atoms with Crippen molar-refractivity contribution in [3.63, 3.8) is 0 Å². The molecule has 0 amide bonds. The first kappa shape index (κ1) is 10.2. The average Bonchev–Trinajstić information content (AvgIpc) is 2.31. The molecule has 2 nitrogen and oxygen atoms in total. The van der Waals surface area contributed by atoms with Gasteiger partial charge in [-0.05, 0) is 18.2 Å². The summed E-state index contributed by atoms with van der Waals surface area (Å²) in [5.74, 6) is -0.292. The largest absolute Gasteiger partial charge is 0.264 e. The van der Waals surface area contributed by atoms with Gasteiger partial charge in [0.2, 0.25) is 0 Å². The van der Waals surface area contributed by atoms with E-state index in [9.17, 15) is 4.39 Å². The van der Waals surface area contributed by atoms with Gasteiger partial charge < -0.3 is 0 Å². The highest BCUT2D eigenvalue weighted by molar-refractivity contribution is 9.08. The quantitative estimate of drug-likeness (QED) is 0.781. The highest BCUT2D eigenvalue weighted by atomic mass is 79.9. The Bertz CT molecular complexity index is 459. The molecular weight excluding hydrogens is 259 g/mol. The van der Waals surface area contributed by atoms with Crippen LogP contribution in [0.2, 0.25) is 0 Å². The van der Waals surface area contributed by atoms with E-state index in [1.165, 1.54) is 6.20 Å². The van der Waals surface area contributed by atoms with Gasteiger partial charge in [-0.2, -0.15) is 0 Å². The van der Waals surface area contributed by atoms with Crippen LogP contribution in [0.15, 0.2) is 36.8 Å². The Kier molecular flexibility index (Phi) is 3.06. The molecule has 0 saturated heterocycles. The third-order valence-electron chi connectivity index (χ3n) is 2.04. The van der Waals surface area contributed by atoms with Crippen LogP contribution in [-0.4, -0.2) is 9.97 Å². The lowest BCUT2D eigenvalue weighted by Crippen LogP contribution is -1.91. The van der Waals surface area contributed by atoms with E-state index in [1.54, 1.807) is 18.5 Å². The normalized spacial score (nSPS) is 10.3. The number of halogens is 2. The molecule has 2 heterocycles. The monoisotopic (exact) mass is 266 g/mol. The van der Waals surface area contributed by atoms with Crippen molar-refractivity contribution in [2.75, 3.05) is 0 Å². The van der Waals surface area contributed by atoms with Gasteiger partial charge in [-0.15, -0.1) is 0 Å². The van der Waals surface area contributed by atoms with Crippen molar-refractivity contribution in [2.45, 2.75) is 5.33 Å². The first-order valence-electron chi connectivity index (χ1n) is 4.42. The molecule has 2 aromatic rings. The molecule has 0 spiro atoms. The summed E-state index contributed by atoms with van der Waals surface area (Å²) in [5, 5.41) is 0.481. The van der Waals surface area contributed by atoms with Gasteiger partial charge in [0.05, 0.1) is 11.9 Å². The molecule has 76 valence electrons. The molecule has 0 unspecified atom stereocenters. The highest BCUT2D eigenvalue weighted by Crippen LogP contribution is 2.19. The van der Waals surface area contributed by atoms with Crippen molar-refractivity contribution < 1.29 is 4.39 Å². The first-order valence-corrected chi connectivity index (χ1v) is 5.54. The van der Waals surface area contributed by atoms with E-state index in [-0.39, 0.29) is 5.82 Å².